The van der Waals surface area contributed by atoms with E-state index >= 15 is 0 Å². The van der Waals surface area contributed by atoms with Crippen LogP contribution in [0.2, 0.25) is 0 Å². The Balaban J connectivity index is 1.94. The van der Waals surface area contributed by atoms with Crippen LogP contribution in [-0.2, 0) is 0 Å². The molecule has 2 aromatic carbocycles. The molecule has 0 aromatic heterocycles. The Morgan fingerprint density at radius 1 is 1.14 bits per heavy atom. The molecule has 0 saturated heterocycles. The molecule has 2 nitrogen and oxygen atoms in total. The number of benzene rings is 2. The van der Waals surface area contributed by atoms with Gasteiger partial charge in [0.25, 0.3) is 0 Å². The van der Waals surface area contributed by atoms with Crippen LogP contribution >= 0.6 is 11.8 Å². The zero-order valence-electron chi connectivity index (χ0n) is 12.2. The van der Waals surface area contributed by atoms with E-state index in [-0.39, 0.29) is 11.9 Å². The highest BCUT2D eigenvalue weighted by Crippen LogP contribution is 2.20. The smallest absolute Gasteiger partial charge is 0.129 e. The van der Waals surface area contributed by atoms with Crippen LogP contribution in [0.25, 0.3) is 0 Å². The van der Waals surface area contributed by atoms with Crippen molar-refractivity contribution >= 4 is 11.8 Å². The van der Waals surface area contributed by atoms with Crippen LogP contribution in [0.3, 0.4) is 0 Å². The van der Waals surface area contributed by atoms with E-state index in [1.165, 1.54) is 11.0 Å². The van der Waals surface area contributed by atoms with Gasteiger partial charge in [-0.3, -0.25) is 0 Å². The van der Waals surface area contributed by atoms with Gasteiger partial charge in [-0.1, -0.05) is 30.3 Å². The Hall–Kier alpha value is -1.36. The molecule has 0 amide bonds. The maximum Gasteiger partial charge on any atom is 0.129 e. The average Bonchev–Trinajstić information content (AvgIpc) is 2.52. The van der Waals surface area contributed by atoms with Crippen molar-refractivity contribution in [2.45, 2.75) is 24.0 Å². The zero-order chi connectivity index (χ0) is 15.2. The Morgan fingerprint density at radius 3 is 2.43 bits per heavy atom. The monoisotopic (exact) mass is 305 g/mol. The summed E-state index contributed by atoms with van der Waals surface area (Å²) in [5.74, 6) is -0.372. The first kappa shape index (κ1) is 16.0. The second kappa shape index (κ2) is 7.59. The minimum Gasteiger partial charge on any atom is -0.387 e. The molecule has 0 aliphatic heterocycles. The van der Waals surface area contributed by atoms with E-state index < -0.39 is 6.10 Å². The van der Waals surface area contributed by atoms with Gasteiger partial charge in [-0.05, 0) is 36.9 Å². The van der Waals surface area contributed by atoms with Crippen molar-refractivity contribution in [2.24, 2.45) is 0 Å². The summed E-state index contributed by atoms with van der Waals surface area (Å²) in [6, 6.07) is 14.7. The zero-order valence-corrected chi connectivity index (χ0v) is 13.0. The highest BCUT2D eigenvalue weighted by molar-refractivity contribution is 7.98. The molecule has 2 atom stereocenters. The van der Waals surface area contributed by atoms with E-state index in [0.717, 1.165) is 5.56 Å². The van der Waals surface area contributed by atoms with Gasteiger partial charge >= 0.3 is 0 Å². The molecule has 112 valence electrons. The number of rotatable bonds is 6. The standard InChI is InChI=1S/C17H20FNOS/c1-12(13-7-9-14(21-2)10-8-13)19-11-17(20)15-5-3-4-6-16(15)18/h3-10,12,17,19-20H,11H2,1-2H3. The van der Waals surface area contributed by atoms with Crippen molar-refractivity contribution in [1.82, 2.24) is 5.32 Å². The summed E-state index contributed by atoms with van der Waals surface area (Å²) in [6.45, 7) is 2.34. The lowest BCUT2D eigenvalue weighted by molar-refractivity contribution is 0.166. The molecular weight excluding hydrogens is 285 g/mol. The number of aliphatic hydroxyl groups is 1. The first-order chi connectivity index (χ1) is 10.1. The van der Waals surface area contributed by atoms with Gasteiger partial charge in [-0.2, -0.15) is 0 Å². The summed E-state index contributed by atoms with van der Waals surface area (Å²) in [5, 5.41) is 13.3. The van der Waals surface area contributed by atoms with E-state index in [2.05, 4.69) is 29.6 Å². The normalized spacial score (nSPS) is 13.9. The van der Waals surface area contributed by atoms with E-state index in [1.54, 1.807) is 30.0 Å². The fourth-order valence-electron chi connectivity index (χ4n) is 2.15. The number of nitrogens with one attached hydrogen (secondary N) is 1. The predicted octanol–water partition coefficient (Wildman–Crippen LogP) is 3.93. The molecule has 0 bridgehead atoms. The van der Waals surface area contributed by atoms with Gasteiger partial charge in [0, 0.05) is 23.0 Å². The topological polar surface area (TPSA) is 32.3 Å². The first-order valence-corrected chi connectivity index (χ1v) is 8.14. The predicted molar refractivity (Wildman–Crippen MR) is 86.0 cm³/mol. The molecule has 4 heteroatoms. The minimum atomic E-state index is -0.848. The van der Waals surface area contributed by atoms with E-state index in [1.807, 2.05) is 13.2 Å². The Bertz CT molecular complexity index is 573. The third-order valence-electron chi connectivity index (χ3n) is 3.50. The number of thioether (sulfide) groups is 1. The molecule has 0 heterocycles. The maximum absolute atomic E-state index is 13.6. The molecule has 2 unspecified atom stereocenters. The Labute approximate surface area is 129 Å². The van der Waals surface area contributed by atoms with Crippen molar-refractivity contribution in [3.05, 3.63) is 65.5 Å². The summed E-state index contributed by atoms with van der Waals surface area (Å²) in [5.41, 5.74) is 1.48. The summed E-state index contributed by atoms with van der Waals surface area (Å²) >= 11 is 1.70. The minimum absolute atomic E-state index is 0.0994. The van der Waals surface area contributed by atoms with Crippen LogP contribution in [0.4, 0.5) is 4.39 Å². The molecular formula is C17H20FNOS. The van der Waals surface area contributed by atoms with Gasteiger partial charge in [-0.25, -0.2) is 4.39 Å². The fraction of sp³-hybridized carbons (Fsp3) is 0.294. The molecule has 0 spiro atoms. The van der Waals surface area contributed by atoms with Crippen molar-refractivity contribution in [3.63, 3.8) is 0 Å². The maximum atomic E-state index is 13.6. The molecule has 0 saturated carbocycles. The van der Waals surface area contributed by atoms with Crippen LogP contribution in [0.15, 0.2) is 53.4 Å². The molecule has 0 aliphatic carbocycles. The van der Waals surface area contributed by atoms with Gasteiger partial charge in [0.15, 0.2) is 0 Å². The lowest BCUT2D eigenvalue weighted by Crippen LogP contribution is -2.25. The quantitative estimate of drug-likeness (QED) is 0.793. The molecule has 2 rings (SSSR count). The molecule has 2 N–H and O–H groups in total. The highest BCUT2D eigenvalue weighted by atomic mass is 32.2. The lowest BCUT2D eigenvalue weighted by Gasteiger charge is -2.18. The van der Waals surface area contributed by atoms with Crippen LogP contribution in [-0.4, -0.2) is 17.9 Å². The second-order valence-corrected chi connectivity index (χ2v) is 5.82. The SMILES string of the molecule is CSc1ccc(C(C)NCC(O)c2ccccc2F)cc1. The molecule has 21 heavy (non-hydrogen) atoms. The van der Waals surface area contributed by atoms with Crippen molar-refractivity contribution in [1.29, 1.82) is 0 Å². The van der Waals surface area contributed by atoms with Gasteiger partial charge in [0.05, 0.1) is 6.10 Å². The van der Waals surface area contributed by atoms with E-state index in [4.69, 9.17) is 0 Å². The average molecular weight is 305 g/mol. The lowest BCUT2D eigenvalue weighted by atomic mass is 10.1. The van der Waals surface area contributed by atoms with Crippen molar-refractivity contribution in [3.8, 4) is 0 Å². The summed E-state index contributed by atoms with van der Waals surface area (Å²) in [4.78, 5) is 1.22. The van der Waals surface area contributed by atoms with Crippen LogP contribution in [0, 0.1) is 5.82 Å². The summed E-state index contributed by atoms with van der Waals surface area (Å²) in [6.07, 6.45) is 1.20. The van der Waals surface area contributed by atoms with Crippen molar-refractivity contribution < 1.29 is 9.50 Å². The number of halogens is 1. The Morgan fingerprint density at radius 2 is 1.81 bits per heavy atom. The van der Waals surface area contributed by atoms with Gasteiger partial charge in [0.2, 0.25) is 0 Å². The van der Waals surface area contributed by atoms with Gasteiger partial charge in [-0.15, -0.1) is 11.8 Å². The molecule has 0 radical (unpaired) electrons. The Kier molecular flexibility index (Phi) is 5.79. The molecule has 0 aliphatic rings. The fourth-order valence-corrected chi connectivity index (χ4v) is 2.56. The molecule has 0 fully saturated rings. The summed E-state index contributed by atoms with van der Waals surface area (Å²) < 4.78 is 13.6. The summed E-state index contributed by atoms with van der Waals surface area (Å²) in [7, 11) is 0. The van der Waals surface area contributed by atoms with Crippen LogP contribution in [0.5, 0.6) is 0 Å². The van der Waals surface area contributed by atoms with E-state index in [9.17, 15) is 9.50 Å². The molecule has 2 aromatic rings. The largest absolute Gasteiger partial charge is 0.387 e. The number of aliphatic hydroxyl groups excluding tert-OH is 1. The second-order valence-electron chi connectivity index (χ2n) is 4.94. The number of hydrogen-bond donors (Lipinski definition) is 2. The van der Waals surface area contributed by atoms with Gasteiger partial charge < -0.3 is 10.4 Å². The third-order valence-corrected chi connectivity index (χ3v) is 4.24. The third kappa shape index (κ3) is 4.30. The first-order valence-electron chi connectivity index (χ1n) is 6.91. The van der Waals surface area contributed by atoms with Crippen LogP contribution in [0.1, 0.15) is 30.2 Å². The van der Waals surface area contributed by atoms with Crippen LogP contribution < -0.4 is 5.32 Å². The van der Waals surface area contributed by atoms with E-state index in [0.29, 0.717) is 12.1 Å². The van der Waals surface area contributed by atoms with Crippen molar-refractivity contribution in [2.75, 3.05) is 12.8 Å². The highest BCUT2D eigenvalue weighted by Gasteiger charge is 2.13. The van der Waals surface area contributed by atoms with Gasteiger partial charge in [0.1, 0.15) is 5.82 Å². The number of hydrogen-bond acceptors (Lipinski definition) is 3.